The Morgan fingerprint density at radius 2 is 1.95 bits per heavy atom. The third-order valence-corrected chi connectivity index (χ3v) is 5.35. The van der Waals surface area contributed by atoms with Gasteiger partial charge >= 0.3 is 0 Å². The Balaban J connectivity index is 0.00000200. The number of hydrogen-bond acceptors (Lipinski definition) is 4. The highest BCUT2D eigenvalue weighted by molar-refractivity contribution is 7.89. The lowest BCUT2D eigenvalue weighted by Gasteiger charge is -2.29. The molecule has 1 aliphatic heterocycles. The minimum Gasteiger partial charge on any atom is -0.328 e. The molecule has 2 rings (SSSR count). The maximum Gasteiger partial charge on any atom is 0.243 e. The van der Waals surface area contributed by atoms with Crippen LogP contribution in [0, 0.1) is 18.3 Å². The van der Waals surface area contributed by atoms with Crippen LogP contribution in [0.25, 0.3) is 0 Å². The highest BCUT2D eigenvalue weighted by Crippen LogP contribution is 2.22. The molecule has 1 fully saturated rings. The molecule has 110 valence electrons. The van der Waals surface area contributed by atoms with E-state index in [2.05, 4.69) is 0 Å². The Morgan fingerprint density at radius 3 is 2.45 bits per heavy atom. The molecule has 1 aliphatic rings. The molecule has 0 bridgehead atoms. The second-order valence-electron chi connectivity index (χ2n) is 4.83. The van der Waals surface area contributed by atoms with E-state index in [1.165, 1.54) is 10.4 Å². The summed E-state index contributed by atoms with van der Waals surface area (Å²) in [5, 5.41) is 8.87. The van der Waals surface area contributed by atoms with Crippen LogP contribution >= 0.6 is 12.4 Å². The highest BCUT2D eigenvalue weighted by Gasteiger charge is 2.28. The van der Waals surface area contributed by atoms with Crippen molar-refractivity contribution in [3.8, 4) is 6.07 Å². The second kappa shape index (κ2) is 6.55. The van der Waals surface area contributed by atoms with Crippen molar-refractivity contribution in [2.45, 2.75) is 30.7 Å². The van der Waals surface area contributed by atoms with Gasteiger partial charge in [-0.2, -0.15) is 9.57 Å². The van der Waals surface area contributed by atoms with Gasteiger partial charge in [0.1, 0.15) is 0 Å². The quantitative estimate of drug-likeness (QED) is 0.893. The lowest BCUT2D eigenvalue weighted by atomic mass is 10.1. The molecule has 1 aromatic carbocycles. The van der Waals surface area contributed by atoms with Crippen LogP contribution in [0.3, 0.4) is 0 Å². The van der Waals surface area contributed by atoms with Gasteiger partial charge in [-0.1, -0.05) is 0 Å². The number of halogens is 1. The van der Waals surface area contributed by atoms with Gasteiger partial charge in [-0.05, 0) is 43.5 Å². The summed E-state index contributed by atoms with van der Waals surface area (Å²) in [4.78, 5) is 0.250. The molecule has 5 nitrogen and oxygen atoms in total. The van der Waals surface area contributed by atoms with Crippen LogP contribution in [0.5, 0.6) is 0 Å². The normalized spacial score (nSPS) is 17.2. The molecule has 0 atom stereocenters. The summed E-state index contributed by atoms with van der Waals surface area (Å²) in [5.74, 6) is 0. The van der Waals surface area contributed by atoms with Crippen molar-refractivity contribution in [1.29, 1.82) is 5.26 Å². The summed E-state index contributed by atoms with van der Waals surface area (Å²) in [7, 11) is -3.46. The number of rotatable bonds is 2. The van der Waals surface area contributed by atoms with Crippen LogP contribution in [-0.4, -0.2) is 31.9 Å². The lowest BCUT2D eigenvalue weighted by Crippen LogP contribution is -2.42. The number of nitriles is 1. The van der Waals surface area contributed by atoms with Crippen molar-refractivity contribution < 1.29 is 8.42 Å². The van der Waals surface area contributed by atoms with E-state index in [-0.39, 0.29) is 23.3 Å². The van der Waals surface area contributed by atoms with Gasteiger partial charge in [0.15, 0.2) is 0 Å². The molecule has 1 saturated heterocycles. The van der Waals surface area contributed by atoms with Gasteiger partial charge in [-0.3, -0.25) is 0 Å². The number of nitrogens with two attached hydrogens (primary N) is 1. The fourth-order valence-corrected chi connectivity index (χ4v) is 3.74. The van der Waals surface area contributed by atoms with Gasteiger partial charge < -0.3 is 5.73 Å². The molecule has 20 heavy (non-hydrogen) atoms. The van der Waals surface area contributed by atoms with Gasteiger partial charge in [0.2, 0.25) is 10.0 Å². The molecule has 0 aromatic heterocycles. The van der Waals surface area contributed by atoms with Crippen molar-refractivity contribution in [3.05, 3.63) is 29.3 Å². The van der Waals surface area contributed by atoms with Crippen LogP contribution in [0.15, 0.2) is 23.1 Å². The number of benzene rings is 1. The Hall–Kier alpha value is -1.13. The zero-order chi connectivity index (χ0) is 14.0. The zero-order valence-electron chi connectivity index (χ0n) is 11.2. The number of sulfonamides is 1. The fourth-order valence-electron chi connectivity index (χ4n) is 2.19. The summed E-state index contributed by atoms with van der Waals surface area (Å²) in [6.45, 7) is 2.66. The number of piperidine rings is 1. The third kappa shape index (κ3) is 3.30. The van der Waals surface area contributed by atoms with E-state index in [9.17, 15) is 8.42 Å². The van der Waals surface area contributed by atoms with Crippen molar-refractivity contribution in [2.24, 2.45) is 5.73 Å². The molecular weight excluding hydrogens is 298 g/mol. The summed E-state index contributed by atoms with van der Waals surface area (Å²) < 4.78 is 26.4. The minimum atomic E-state index is -3.46. The third-order valence-electron chi connectivity index (χ3n) is 3.45. The fraction of sp³-hybridized carbons (Fsp3) is 0.462. The van der Waals surface area contributed by atoms with Crippen LogP contribution in [0.2, 0.25) is 0 Å². The van der Waals surface area contributed by atoms with Crippen molar-refractivity contribution in [1.82, 2.24) is 4.31 Å². The van der Waals surface area contributed by atoms with Gasteiger partial charge in [0, 0.05) is 19.1 Å². The summed E-state index contributed by atoms with van der Waals surface area (Å²) in [6.07, 6.45) is 1.38. The van der Waals surface area contributed by atoms with Crippen LogP contribution in [-0.2, 0) is 10.0 Å². The van der Waals surface area contributed by atoms with Crippen molar-refractivity contribution >= 4 is 22.4 Å². The van der Waals surface area contributed by atoms with Crippen molar-refractivity contribution in [3.63, 3.8) is 0 Å². The summed E-state index contributed by atoms with van der Waals surface area (Å²) in [5.41, 5.74) is 6.96. The van der Waals surface area contributed by atoms with Gasteiger partial charge in [0.05, 0.1) is 16.5 Å². The van der Waals surface area contributed by atoms with E-state index in [0.29, 0.717) is 37.1 Å². The Kier molecular flexibility index (Phi) is 5.54. The smallest absolute Gasteiger partial charge is 0.243 e. The number of hydrogen-bond donors (Lipinski definition) is 1. The molecule has 1 heterocycles. The first-order chi connectivity index (χ1) is 8.95. The predicted molar refractivity (Wildman–Crippen MR) is 79.1 cm³/mol. The maximum absolute atomic E-state index is 12.4. The number of nitrogens with zero attached hydrogens (tertiary/aromatic N) is 2. The molecule has 2 N–H and O–H groups in total. The monoisotopic (exact) mass is 315 g/mol. The molecule has 0 radical (unpaired) electrons. The standard InChI is InChI=1S/C13H17N3O2S.ClH/c1-10-8-13(3-2-11(10)9-14)19(17,18)16-6-4-12(15)5-7-16;/h2-3,8,12H,4-7,15H2,1H3;1H. The van der Waals surface area contributed by atoms with E-state index in [1.54, 1.807) is 19.1 Å². The molecule has 1 aromatic rings. The van der Waals surface area contributed by atoms with Crippen LogP contribution in [0.1, 0.15) is 24.0 Å². The minimum absolute atomic E-state index is 0. The Morgan fingerprint density at radius 1 is 1.35 bits per heavy atom. The van der Waals surface area contributed by atoms with E-state index in [4.69, 9.17) is 11.0 Å². The number of aryl methyl sites for hydroxylation is 1. The maximum atomic E-state index is 12.4. The summed E-state index contributed by atoms with van der Waals surface area (Å²) in [6, 6.07) is 6.73. The van der Waals surface area contributed by atoms with Crippen LogP contribution < -0.4 is 5.73 Å². The van der Waals surface area contributed by atoms with E-state index in [0.717, 1.165) is 0 Å². The molecule has 7 heteroatoms. The predicted octanol–water partition coefficient (Wildman–Crippen LogP) is 1.40. The molecule has 0 spiro atoms. The first kappa shape index (κ1) is 16.9. The lowest BCUT2D eigenvalue weighted by molar-refractivity contribution is 0.320. The molecule has 0 unspecified atom stereocenters. The summed E-state index contributed by atoms with van der Waals surface area (Å²) >= 11 is 0. The SMILES string of the molecule is Cc1cc(S(=O)(=O)N2CCC(N)CC2)ccc1C#N.Cl. The zero-order valence-corrected chi connectivity index (χ0v) is 12.9. The van der Waals surface area contributed by atoms with E-state index in [1.807, 2.05) is 6.07 Å². The topological polar surface area (TPSA) is 87.2 Å². The van der Waals surface area contributed by atoms with Crippen molar-refractivity contribution in [2.75, 3.05) is 13.1 Å². The van der Waals surface area contributed by atoms with Gasteiger partial charge in [-0.25, -0.2) is 8.42 Å². The molecule has 0 aliphatic carbocycles. The average molecular weight is 316 g/mol. The molecular formula is C13H18ClN3O2S. The van der Waals surface area contributed by atoms with Crippen LogP contribution in [0.4, 0.5) is 0 Å². The first-order valence-corrected chi connectivity index (χ1v) is 7.65. The first-order valence-electron chi connectivity index (χ1n) is 6.21. The van der Waals surface area contributed by atoms with Gasteiger partial charge in [0.25, 0.3) is 0 Å². The average Bonchev–Trinajstić information content (AvgIpc) is 2.39. The second-order valence-corrected chi connectivity index (χ2v) is 6.77. The largest absolute Gasteiger partial charge is 0.328 e. The Bertz CT molecular complexity index is 617. The molecule has 0 saturated carbocycles. The highest BCUT2D eigenvalue weighted by atomic mass is 35.5. The van der Waals surface area contributed by atoms with E-state index >= 15 is 0 Å². The van der Waals surface area contributed by atoms with E-state index < -0.39 is 10.0 Å². The molecule has 0 amide bonds. The van der Waals surface area contributed by atoms with Gasteiger partial charge in [-0.15, -0.1) is 12.4 Å². The Labute approximate surface area is 125 Å².